The second-order valence-corrected chi connectivity index (χ2v) is 7.00. The molecular formula is C19H27N3O2. The Balaban J connectivity index is 1.55. The van der Waals surface area contributed by atoms with E-state index in [0.717, 1.165) is 25.7 Å². The van der Waals surface area contributed by atoms with Crippen molar-refractivity contribution in [1.29, 1.82) is 0 Å². The van der Waals surface area contributed by atoms with Gasteiger partial charge in [-0.05, 0) is 63.7 Å². The maximum absolute atomic E-state index is 12.5. The van der Waals surface area contributed by atoms with Crippen LogP contribution in [0.25, 0.3) is 0 Å². The Hall–Kier alpha value is -1.88. The fourth-order valence-corrected chi connectivity index (χ4v) is 4.03. The third-order valence-electron chi connectivity index (χ3n) is 5.42. The molecule has 5 heteroatoms. The minimum atomic E-state index is -0.514. The van der Waals surface area contributed by atoms with Gasteiger partial charge >= 0.3 is 0 Å². The van der Waals surface area contributed by atoms with Gasteiger partial charge < -0.3 is 16.0 Å². The van der Waals surface area contributed by atoms with Gasteiger partial charge in [0.25, 0.3) is 5.91 Å². The summed E-state index contributed by atoms with van der Waals surface area (Å²) in [5, 5.41) is 2.90. The summed E-state index contributed by atoms with van der Waals surface area (Å²) < 4.78 is 0. The largest absolute Gasteiger partial charge is 0.366 e. The molecule has 130 valence electrons. The number of likely N-dealkylation sites (tertiary alicyclic amines) is 1. The second-order valence-electron chi connectivity index (χ2n) is 7.00. The number of amides is 2. The number of nitrogens with two attached hydrogens (primary N) is 1. The first-order chi connectivity index (χ1) is 11.6. The summed E-state index contributed by atoms with van der Waals surface area (Å²) >= 11 is 0. The van der Waals surface area contributed by atoms with Crippen LogP contribution in [0.1, 0.15) is 55.3 Å². The van der Waals surface area contributed by atoms with Gasteiger partial charge in [-0.25, -0.2) is 0 Å². The van der Waals surface area contributed by atoms with Crippen LogP contribution in [-0.2, 0) is 4.79 Å². The van der Waals surface area contributed by atoms with E-state index in [2.05, 4.69) is 10.2 Å². The molecule has 1 aliphatic heterocycles. The summed E-state index contributed by atoms with van der Waals surface area (Å²) in [5.41, 5.74) is 6.26. The Morgan fingerprint density at radius 2 is 1.67 bits per heavy atom. The molecule has 3 N–H and O–H groups in total. The van der Waals surface area contributed by atoms with Crippen LogP contribution in [0.3, 0.4) is 0 Å². The maximum atomic E-state index is 12.5. The van der Waals surface area contributed by atoms with E-state index in [1.807, 2.05) is 0 Å². The van der Waals surface area contributed by atoms with Crippen LogP contribution in [0.5, 0.6) is 0 Å². The van der Waals surface area contributed by atoms with Gasteiger partial charge in [0.05, 0.1) is 11.3 Å². The van der Waals surface area contributed by atoms with Crippen molar-refractivity contribution < 1.29 is 9.59 Å². The fraction of sp³-hybridized carbons (Fsp3) is 0.579. The fourth-order valence-electron chi connectivity index (χ4n) is 4.03. The van der Waals surface area contributed by atoms with Gasteiger partial charge in [0.2, 0.25) is 5.91 Å². The van der Waals surface area contributed by atoms with Crippen LogP contribution < -0.4 is 11.1 Å². The highest BCUT2D eigenvalue weighted by Crippen LogP contribution is 2.30. The number of nitrogens with zero attached hydrogens (tertiary/aromatic N) is 1. The first-order valence-corrected chi connectivity index (χ1v) is 9.09. The first kappa shape index (κ1) is 17.0. The Morgan fingerprint density at radius 3 is 2.33 bits per heavy atom. The lowest BCUT2D eigenvalue weighted by Gasteiger charge is -2.38. The summed E-state index contributed by atoms with van der Waals surface area (Å²) in [6.45, 7) is 2.43. The molecule has 1 saturated carbocycles. The van der Waals surface area contributed by atoms with Gasteiger partial charge in [0, 0.05) is 12.0 Å². The van der Waals surface area contributed by atoms with Crippen LogP contribution in [0.2, 0.25) is 0 Å². The molecule has 0 bridgehead atoms. The molecule has 0 spiro atoms. The monoisotopic (exact) mass is 329 g/mol. The van der Waals surface area contributed by atoms with E-state index in [1.165, 1.54) is 32.4 Å². The molecule has 1 heterocycles. The van der Waals surface area contributed by atoms with Crippen molar-refractivity contribution in [2.75, 3.05) is 18.4 Å². The Labute approximate surface area is 143 Å². The summed E-state index contributed by atoms with van der Waals surface area (Å²) in [5.74, 6) is -0.465. The van der Waals surface area contributed by atoms with E-state index in [-0.39, 0.29) is 11.8 Å². The summed E-state index contributed by atoms with van der Waals surface area (Å²) in [4.78, 5) is 26.6. The number of nitrogens with one attached hydrogen (secondary N) is 1. The van der Waals surface area contributed by atoms with Crippen molar-refractivity contribution >= 4 is 17.5 Å². The second kappa shape index (κ2) is 7.79. The highest BCUT2D eigenvalue weighted by atomic mass is 16.2. The summed E-state index contributed by atoms with van der Waals surface area (Å²) in [7, 11) is 0. The number of primary amides is 1. The van der Waals surface area contributed by atoms with E-state index in [1.54, 1.807) is 24.3 Å². The number of para-hydroxylation sites is 1. The van der Waals surface area contributed by atoms with Crippen molar-refractivity contribution in [1.82, 2.24) is 4.90 Å². The van der Waals surface area contributed by atoms with Crippen molar-refractivity contribution in [3.63, 3.8) is 0 Å². The summed E-state index contributed by atoms with van der Waals surface area (Å²) in [6.07, 6.45) is 8.00. The van der Waals surface area contributed by atoms with E-state index < -0.39 is 5.91 Å². The molecule has 2 amide bonds. The Kier molecular flexibility index (Phi) is 5.51. The molecule has 5 nitrogen and oxygen atoms in total. The molecular weight excluding hydrogens is 302 g/mol. The number of piperidine rings is 1. The molecule has 1 saturated heterocycles. The molecule has 0 radical (unpaired) electrons. The predicted molar refractivity (Wildman–Crippen MR) is 94.8 cm³/mol. The minimum absolute atomic E-state index is 0.0146. The van der Waals surface area contributed by atoms with Crippen LogP contribution >= 0.6 is 0 Å². The average molecular weight is 329 g/mol. The third kappa shape index (κ3) is 3.96. The lowest BCUT2D eigenvalue weighted by molar-refractivity contribution is -0.121. The average Bonchev–Trinajstić information content (AvgIpc) is 2.63. The molecule has 0 aromatic heterocycles. The number of benzene rings is 1. The van der Waals surface area contributed by atoms with Gasteiger partial charge in [-0.2, -0.15) is 0 Å². The lowest BCUT2D eigenvalue weighted by atomic mass is 9.84. The number of carbonyl (C=O) groups excluding carboxylic acids is 2. The zero-order valence-corrected chi connectivity index (χ0v) is 14.2. The van der Waals surface area contributed by atoms with E-state index in [9.17, 15) is 9.59 Å². The lowest BCUT2D eigenvalue weighted by Crippen LogP contribution is -2.42. The molecule has 24 heavy (non-hydrogen) atoms. The van der Waals surface area contributed by atoms with E-state index in [0.29, 0.717) is 17.3 Å². The van der Waals surface area contributed by atoms with Crippen LogP contribution in [0, 0.1) is 5.92 Å². The summed E-state index contributed by atoms with van der Waals surface area (Å²) in [6, 6.07) is 7.57. The van der Waals surface area contributed by atoms with Crippen LogP contribution in [-0.4, -0.2) is 35.8 Å². The Morgan fingerprint density at radius 1 is 1.00 bits per heavy atom. The van der Waals surface area contributed by atoms with Gasteiger partial charge in [-0.1, -0.05) is 18.6 Å². The predicted octanol–water partition coefficient (Wildman–Crippen LogP) is 2.77. The maximum Gasteiger partial charge on any atom is 0.250 e. The highest BCUT2D eigenvalue weighted by Gasteiger charge is 2.30. The smallest absolute Gasteiger partial charge is 0.250 e. The molecule has 2 fully saturated rings. The number of hydrogen-bond acceptors (Lipinski definition) is 3. The number of anilines is 1. The van der Waals surface area contributed by atoms with Gasteiger partial charge in [0.15, 0.2) is 0 Å². The van der Waals surface area contributed by atoms with E-state index >= 15 is 0 Å². The highest BCUT2D eigenvalue weighted by molar-refractivity contribution is 6.03. The normalized spacial score (nSPS) is 25.2. The topological polar surface area (TPSA) is 75.4 Å². The van der Waals surface area contributed by atoms with Crippen molar-refractivity contribution in [3.05, 3.63) is 29.8 Å². The van der Waals surface area contributed by atoms with Gasteiger partial charge in [-0.3, -0.25) is 9.59 Å². The molecule has 1 aromatic carbocycles. The molecule has 1 aliphatic carbocycles. The standard InChI is InChI=1S/C19H27N3O2/c20-18(23)16-6-2-3-7-17(16)21-19(24)14-8-10-15(11-9-14)22-12-4-1-5-13-22/h2-3,6-7,14-15H,1,4-5,8-13H2,(H2,20,23)(H,21,24). The third-order valence-corrected chi connectivity index (χ3v) is 5.42. The van der Waals surface area contributed by atoms with Crippen molar-refractivity contribution in [2.45, 2.75) is 51.0 Å². The molecule has 2 aliphatic rings. The minimum Gasteiger partial charge on any atom is -0.366 e. The molecule has 3 rings (SSSR count). The van der Waals surface area contributed by atoms with Crippen LogP contribution in [0.4, 0.5) is 5.69 Å². The zero-order valence-electron chi connectivity index (χ0n) is 14.2. The molecule has 0 atom stereocenters. The molecule has 1 aromatic rings. The number of carbonyl (C=O) groups is 2. The van der Waals surface area contributed by atoms with Gasteiger partial charge in [-0.15, -0.1) is 0 Å². The molecule has 0 unspecified atom stereocenters. The van der Waals surface area contributed by atoms with Crippen LogP contribution in [0.15, 0.2) is 24.3 Å². The van der Waals surface area contributed by atoms with Crippen molar-refractivity contribution in [3.8, 4) is 0 Å². The zero-order chi connectivity index (χ0) is 16.9. The first-order valence-electron chi connectivity index (χ1n) is 9.09. The number of rotatable bonds is 4. The SMILES string of the molecule is NC(=O)c1ccccc1NC(=O)C1CCC(N2CCCCC2)CC1. The van der Waals surface area contributed by atoms with E-state index in [4.69, 9.17) is 5.73 Å². The quantitative estimate of drug-likeness (QED) is 0.892. The Bertz CT molecular complexity index is 588. The van der Waals surface area contributed by atoms with Gasteiger partial charge in [0.1, 0.15) is 0 Å². The van der Waals surface area contributed by atoms with Crippen molar-refractivity contribution in [2.24, 2.45) is 11.7 Å². The number of hydrogen-bond donors (Lipinski definition) is 2.